The van der Waals surface area contributed by atoms with Crippen molar-refractivity contribution >= 4 is 12.0 Å². The van der Waals surface area contributed by atoms with Crippen LogP contribution >= 0.6 is 0 Å². The van der Waals surface area contributed by atoms with Crippen LogP contribution in [0.15, 0.2) is 54.9 Å². The van der Waals surface area contributed by atoms with Gasteiger partial charge < -0.3 is 5.32 Å². The Labute approximate surface area is 165 Å². The number of rotatable bonds is 4. The fourth-order valence-corrected chi connectivity index (χ4v) is 3.86. The summed E-state index contributed by atoms with van der Waals surface area (Å²) in [5.41, 5.74) is 6.60. The maximum Gasteiger partial charge on any atom is 0.244 e. The third-order valence-corrected chi connectivity index (χ3v) is 5.04. The van der Waals surface area contributed by atoms with Crippen molar-refractivity contribution < 1.29 is 4.79 Å². The Bertz CT molecular complexity index is 1000. The lowest BCUT2D eigenvalue weighted by molar-refractivity contribution is -0.117. The second-order valence-electron chi connectivity index (χ2n) is 7.35. The van der Waals surface area contributed by atoms with Gasteiger partial charge in [0, 0.05) is 23.5 Å². The highest BCUT2D eigenvalue weighted by Crippen LogP contribution is 2.31. The Kier molecular flexibility index (Phi) is 5.06. The largest absolute Gasteiger partial charge is 0.346 e. The molecule has 1 aliphatic rings. The van der Waals surface area contributed by atoms with Gasteiger partial charge in [0.25, 0.3) is 0 Å². The molecule has 1 aromatic carbocycles. The van der Waals surface area contributed by atoms with Crippen molar-refractivity contribution in [2.45, 2.75) is 39.2 Å². The van der Waals surface area contributed by atoms with Crippen LogP contribution in [0.25, 0.3) is 11.8 Å². The molecule has 0 unspecified atom stereocenters. The molecule has 5 heteroatoms. The van der Waals surface area contributed by atoms with Gasteiger partial charge >= 0.3 is 0 Å². The Balaban J connectivity index is 1.54. The van der Waals surface area contributed by atoms with Gasteiger partial charge in [-0.2, -0.15) is 5.10 Å². The van der Waals surface area contributed by atoms with Gasteiger partial charge in [-0.3, -0.25) is 9.78 Å². The molecule has 28 heavy (non-hydrogen) atoms. The monoisotopic (exact) mass is 372 g/mol. The average Bonchev–Trinajstić information content (AvgIpc) is 3.12. The maximum atomic E-state index is 12.4. The minimum absolute atomic E-state index is 0.00992. The number of carbonyl (C=O) groups is 1. The molecule has 0 bridgehead atoms. The molecule has 0 fully saturated rings. The fraction of sp³-hybridized carbons (Fsp3) is 0.261. The summed E-state index contributed by atoms with van der Waals surface area (Å²) in [6, 6.07) is 12.1. The molecule has 1 amide bonds. The number of pyridine rings is 1. The van der Waals surface area contributed by atoms with E-state index in [1.165, 1.54) is 16.8 Å². The van der Waals surface area contributed by atoms with E-state index in [1.807, 2.05) is 29.1 Å². The van der Waals surface area contributed by atoms with Crippen molar-refractivity contribution in [1.29, 1.82) is 0 Å². The van der Waals surface area contributed by atoms with Gasteiger partial charge in [-0.05, 0) is 74.6 Å². The van der Waals surface area contributed by atoms with Crippen molar-refractivity contribution in [3.8, 4) is 5.69 Å². The number of benzene rings is 1. The van der Waals surface area contributed by atoms with Crippen molar-refractivity contribution in [2.75, 3.05) is 0 Å². The van der Waals surface area contributed by atoms with Crippen LogP contribution in [0.3, 0.4) is 0 Å². The summed E-state index contributed by atoms with van der Waals surface area (Å²) >= 11 is 0. The Morgan fingerprint density at radius 2 is 2.04 bits per heavy atom. The molecule has 0 aliphatic heterocycles. The predicted octanol–water partition coefficient (Wildman–Crippen LogP) is 4.09. The first-order chi connectivity index (χ1) is 13.6. The first-order valence-corrected chi connectivity index (χ1v) is 9.65. The topological polar surface area (TPSA) is 59.8 Å². The molecule has 0 saturated heterocycles. The van der Waals surface area contributed by atoms with Crippen molar-refractivity contribution in [3.05, 3.63) is 82.9 Å². The van der Waals surface area contributed by atoms with Crippen LogP contribution in [-0.4, -0.2) is 20.7 Å². The number of hydrogen-bond donors (Lipinski definition) is 1. The molecule has 0 saturated carbocycles. The summed E-state index contributed by atoms with van der Waals surface area (Å²) in [6.45, 7) is 4.20. The molecule has 5 nitrogen and oxygen atoms in total. The summed E-state index contributed by atoms with van der Waals surface area (Å²) in [5, 5.41) is 7.76. The van der Waals surface area contributed by atoms with Gasteiger partial charge in [-0.1, -0.05) is 12.1 Å². The summed E-state index contributed by atoms with van der Waals surface area (Å²) in [7, 11) is 0. The summed E-state index contributed by atoms with van der Waals surface area (Å²) in [6.07, 6.45) is 9.82. The molecular weight excluding hydrogens is 348 g/mol. The molecule has 1 N–H and O–H groups in total. The SMILES string of the molecule is Cc1cc(C)cc(-n2ncc3c2CCC[C@@H]3NC(=O)/C=C/c2ccccn2)c1. The van der Waals surface area contributed by atoms with Gasteiger partial charge in [-0.25, -0.2) is 4.68 Å². The smallest absolute Gasteiger partial charge is 0.244 e. The predicted molar refractivity (Wildman–Crippen MR) is 110 cm³/mol. The third-order valence-electron chi connectivity index (χ3n) is 5.04. The van der Waals surface area contributed by atoms with Gasteiger partial charge in [0.15, 0.2) is 0 Å². The number of aromatic nitrogens is 3. The van der Waals surface area contributed by atoms with E-state index in [9.17, 15) is 4.79 Å². The zero-order valence-corrected chi connectivity index (χ0v) is 16.2. The highest BCUT2D eigenvalue weighted by Gasteiger charge is 2.25. The Morgan fingerprint density at radius 1 is 1.21 bits per heavy atom. The normalized spacial score (nSPS) is 16.1. The highest BCUT2D eigenvalue weighted by molar-refractivity contribution is 5.91. The zero-order valence-electron chi connectivity index (χ0n) is 16.2. The molecule has 1 aliphatic carbocycles. The molecule has 1 atom stereocenters. The van der Waals surface area contributed by atoms with Gasteiger partial charge in [0.1, 0.15) is 0 Å². The van der Waals surface area contributed by atoms with E-state index in [4.69, 9.17) is 0 Å². The average molecular weight is 372 g/mol. The lowest BCUT2D eigenvalue weighted by atomic mass is 9.92. The fourth-order valence-electron chi connectivity index (χ4n) is 3.86. The van der Waals surface area contributed by atoms with Crippen molar-refractivity contribution in [3.63, 3.8) is 0 Å². The van der Waals surface area contributed by atoms with Crippen LogP contribution in [0.2, 0.25) is 0 Å². The van der Waals surface area contributed by atoms with E-state index < -0.39 is 0 Å². The van der Waals surface area contributed by atoms with Crippen LogP contribution in [0.1, 0.15) is 47.0 Å². The standard InChI is InChI=1S/C23H24N4O/c1-16-12-17(2)14-19(13-16)27-22-8-5-7-21(20(22)15-25-27)26-23(28)10-9-18-6-3-4-11-24-18/h3-4,6,9-15,21H,5,7-8H2,1-2H3,(H,26,28)/b10-9+/t21-/m0/s1. The quantitative estimate of drug-likeness (QED) is 0.702. The second kappa shape index (κ2) is 7.80. The minimum Gasteiger partial charge on any atom is -0.346 e. The number of hydrogen-bond acceptors (Lipinski definition) is 3. The molecule has 142 valence electrons. The van der Waals surface area contributed by atoms with E-state index in [0.717, 1.165) is 36.2 Å². The summed E-state index contributed by atoms with van der Waals surface area (Å²) in [4.78, 5) is 16.6. The number of amides is 1. The third kappa shape index (κ3) is 3.88. The first-order valence-electron chi connectivity index (χ1n) is 9.65. The lowest BCUT2D eigenvalue weighted by Crippen LogP contribution is -2.29. The Hall–Kier alpha value is -3.21. The van der Waals surface area contributed by atoms with E-state index in [1.54, 1.807) is 18.3 Å². The van der Waals surface area contributed by atoms with Crippen molar-refractivity contribution in [1.82, 2.24) is 20.1 Å². The highest BCUT2D eigenvalue weighted by atomic mass is 16.1. The summed E-state index contributed by atoms with van der Waals surface area (Å²) < 4.78 is 2.03. The van der Waals surface area contributed by atoms with Crippen LogP contribution < -0.4 is 5.32 Å². The zero-order chi connectivity index (χ0) is 19.5. The Morgan fingerprint density at radius 3 is 2.79 bits per heavy atom. The number of carbonyl (C=O) groups excluding carboxylic acids is 1. The molecule has 2 aromatic heterocycles. The van der Waals surface area contributed by atoms with E-state index >= 15 is 0 Å². The van der Waals surface area contributed by atoms with Gasteiger partial charge in [-0.15, -0.1) is 0 Å². The molecule has 0 spiro atoms. The first kappa shape index (κ1) is 18.2. The molecule has 4 rings (SSSR count). The van der Waals surface area contributed by atoms with E-state index in [2.05, 4.69) is 47.4 Å². The number of nitrogens with one attached hydrogen (secondary N) is 1. The lowest BCUT2D eigenvalue weighted by Gasteiger charge is -2.24. The van der Waals surface area contributed by atoms with Gasteiger partial charge in [0.2, 0.25) is 5.91 Å². The van der Waals surface area contributed by atoms with Crippen molar-refractivity contribution in [2.24, 2.45) is 0 Å². The van der Waals surface area contributed by atoms with Crippen LogP contribution in [-0.2, 0) is 11.2 Å². The van der Waals surface area contributed by atoms with E-state index in [0.29, 0.717) is 0 Å². The molecule has 3 aromatic rings. The van der Waals surface area contributed by atoms with Crippen LogP contribution in [0.5, 0.6) is 0 Å². The second-order valence-corrected chi connectivity index (χ2v) is 7.35. The number of fused-ring (bicyclic) bond motifs is 1. The number of nitrogens with zero attached hydrogens (tertiary/aromatic N) is 3. The van der Waals surface area contributed by atoms with Crippen LogP contribution in [0, 0.1) is 13.8 Å². The summed E-state index contributed by atoms with van der Waals surface area (Å²) in [5.74, 6) is -0.109. The van der Waals surface area contributed by atoms with Gasteiger partial charge in [0.05, 0.1) is 23.6 Å². The number of aryl methyl sites for hydroxylation is 2. The van der Waals surface area contributed by atoms with E-state index in [-0.39, 0.29) is 11.9 Å². The molecule has 2 heterocycles. The molecular formula is C23H24N4O. The van der Waals surface area contributed by atoms with Crippen LogP contribution in [0.4, 0.5) is 0 Å². The minimum atomic E-state index is -0.109. The maximum absolute atomic E-state index is 12.4. The molecule has 0 radical (unpaired) electrons.